The highest BCUT2D eigenvalue weighted by Gasteiger charge is 2.51. The largest absolute Gasteiger partial charge is 0.461 e. The van der Waals surface area contributed by atoms with Gasteiger partial charge in [0, 0.05) is 11.4 Å². The summed E-state index contributed by atoms with van der Waals surface area (Å²) < 4.78 is 11.4. The van der Waals surface area contributed by atoms with Crippen molar-refractivity contribution in [2.75, 3.05) is 37.9 Å². The molecule has 0 aliphatic heterocycles. The van der Waals surface area contributed by atoms with Crippen molar-refractivity contribution in [1.82, 2.24) is 0 Å². The summed E-state index contributed by atoms with van der Waals surface area (Å²) in [4.78, 5) is 12.5. The molecule has 0 bridgehead atoms. The van der Waals surface area contributed by atoms with Gasteiger partial charge < -0.3 is 31.2 Å². The summed E-state index contributed by atoms with van der Waals surface area (Å²) in [6, 6.07) is 4.39. The van der Waals surface area contributed by atoms with Crippen molar-refractivity contribution in [2.24, 2.45) is 5.41 Å². The fourth-order valence-electron chi connectivity index (χ4n) is 3.11. The van der Waals surface area contributed by atoms with Gasteiger partial charge >= 0.3 is 5.97 Å². The number of anilines is 2. The molecule has 0 heterocycles. The van der Waals surface area contributed by atoms with Crippen molar-refractivity contribution in [3.63, 3.8) is 0 Å². The molecular weight excluding hydrogens is 360 g/mol. The number of aliphatic hydroxyl groups is 2. The molecule has 0 saturated carbocycles. The number of nitrogen functional groups attached to an aromatic ring is 2. The summed E-state index contributed by atoms with van der Waals surface area (Å²) in [7, 11) is 0. The number of carbonyl (C=O) groups is 1. The molecule has 1 rings (SSSR count). The summed E-state index contributed by atoms with van der Waals surface area (Å²) in [6.45, 7) is 10.0. The van der Waals surface area contributed by atoms with Crippen LogP contribution in [0.3, 0.4) is 0 Å². The van der Waals surface area contributed by atoms with Crippen LogP contribution in [0.4, 0.5) is 11.4 Å². The number of carbonyl (C=O) groups excluding carboxylic acids is 1. The van der Waals surface area contributed by atoms with Crippen LogP contribution in [0.25, 0.3) is 0 Å². The summed E-state index contributed by atoms with van der Waals surface area (Å²) in [6.07, 6.45) is 5.37. The van der Waals surface area contributed by atoms with E-state index in [9.17, 15) is 15.0 Å². The summed E-state index contributed by atoms with van der Waals surface area (Å²) in [5, 5.41) is 20.3. The number of nitrogens with two attached hydrogens (primary N) is 2. The normalized spacial score (nSPS) is 11.6. The Hall–Kier alpha value is -2.61. The molecule has 1 aromatic rings. The fraction of sp³-hybridized carbons (Fsp3) is 0.381. The van der Waals surface area contributed by atoms with Crippen LogP contribution in [0, 0.1) is 5.41 Å². The average Bonchev–Trinajstić information content (AvgIpc) is 2.66. The van der Waals surface area contributed by atoms with E-state index in [1.807, 2.05) is 0 Å². The predicted octanol–water partition coefficient (Wildman–Crippen LogP) is 2.07. The third-order valence-corrected chi connectivity index (χ3v) is 4.69. The molecule has 7 heteroatoms. The molecule has 0 spiro atoms. The van der Waals surface area contributed by atoms with Crippen molar-refractivity contribution in [3.05, 3.63) is 61.7 Å². The zero-order valence-corrected chi connectivity index (χ0v) is 16.1. The van der Waals surface area contributed by atoms with Crippen LogP contribution in [0.15, 0.2) is 56.2 Å². The first-order valence-corrected chi connectivity index (χ1v) is 8.85. The lowest BCUT2D eigenvalue weighted by Gasteiger charge is -2.47. The molecule has 6 N–H and O–H groups in total. The number of ether oxygens (including phenoxy) is 2. The summed E-state index contributed by atoms with van der Waals surface area (Å²) in [5.41, 5.74) is 9.85. The van der Waals surface area contributed by atoms with Crippen LogP contribution in [0.2, 0.25) is 0 Å². The van der Waals surface area contributed by atoms with Crippen LogP contribution in [0.5, 0.6) is 0 Å². The van der Waals surface area contributed by atoms with Gasteiger partial charge in [-0.1, -0.05) is 18.2 Å². The number of rotatable bonds is 13. The molecule has 0 atom stereocenters. The minimum atomic E-state index is -1.31. The zero-order valence-electron chi connectivity index (χ0n) is 16.1. The molecule has 0 radical (unpaired) electrons. The fourth-order valence-corrected chi connectivity index (χ4v) is 3.11. The second-order valence-corrected chi connectivity index (χ2v) is 6.64. The number of hydrogen-bond acceptors (Lipinski definition) is 7. The van der Waals surface area contributed by atoms with Gasteiger partial charge in [-0.3, -0.25) is 0 Å². The van der Waals surface area contributed by atoms with Gasteiger partial charge in [-0.2, -0.15) is 0 Å². The number of benzene rings is 1. The maximum atomic E-state index is 12.5. The van der Waals surface area contributed by atoms with E-state index in [1.165, 1.54) is 18.2 Å². The number of esters is 1. The van der Waals surface area contributed by atoms with Crippen molar-refractivity contribution >= 4 is 17.3 Å². The first-order chi connectivity index (χ1) is 13.3. The maximum Gasteiger partial charge on any atom is 0.338 e. The molecule has 0 aliphatic carbocycles. The van der Waals surface area contributed by atoms with E-state index in [0.29, 0.717) is 11.4 Å². The second kappa shape index (κ2) is 10.7. The van der Waals surface area contributed by atoms with E-state index in [4.69, 9.17) is 20.9 Å². The van der Waals surface area contributed by atoms with Gasteiger partial charge in [-0.25, -0.2) is 4.79 Å². The van der Waals surface area contributed by atoms with E-state index in [0.717, 1.165) is 0 Å². The monoisotopic (exact) mass is 390 g/mol. The van der Waals surface area contributed by atoms with Crippen LogP contribution >= 0.6 is 0 Å². The van der Waals surface area contributed by atoms with E-state index >= 15 is 0 Å². The van der Waals surface area contributed by atoms with Gasteiger partial charge in [0.05, 0.1) is 36.4 Å². The summed E-state index contributed by atoms with van der Waals surface area (Å²) in [5.74, 6) is -0.680. The molecule has 0 unspecified atom stereocenters. The lowest BCUT2D eigenvalue weighted by atomic mass is 9.69. The topological polar surface area (TPSA) is 128 Å². The van der Waals surface area contributed by atoms with Gasteiger partial charge in [0.25, 0.3) is 0 Å². The van der Waals surface area contributed by atoms with E-state index in [2.05, 4.69) is 19.7 Å². The molecule has 0 fully saturated rings. The molecule has 28 heavy (non-hydrogen) atoms. The van der Waals surface area contributed by atoms with Gasteiger partial charge in [-0.15, -0.1) is 19.7 Å². The molecular formula is C21H30N2O5. The third-order valence-electron chi connectivity index (χ3n) is 4.69. The molecule has 154 valence electrons. The van der Waals surface area contributed by atoms with Crippen LogP contribution in [0.1, 0.15) is 23.2 Å². The van der Waals surface area contributed by atoms with Gasteiger partial charge in [0.2, 0.25) is 0 Å². The van der Waals surface area contributed by atoms with Crippen LogP contribution < -0.4 is 11.5 Å². The van der Waals surface area contributed by atoms with Gasteiger partial charge in [0.15, 0.2) is 0 Å². The zero-order chi connectivity index (χ0) is 21.2. The van der Waals surface area contributed by atoms with Gasteiger partial charge in [-0.05, 0) is 31.0 Å². The smallest absolute Gasteiger partial charge is 0.338 e. The summed E-state index contributed by atoms with van der Waals surface area (Å²) >= 11 is 0. The Morgan fingerprint density at radius 3 is 1.96 bits per heavy atom. The highest BCUT2D eigenvalue weighted by atomic mass is 16.5. The molecule has 0 aliphatic rings. The predicted molar refractivity (Wildman–Crippen MR) is 111 cm³/mol. The van der Waals surface area contributed by atoms with Crippen molar-refractivity contribution < 1.29 is 24.5 Å². The maximum absolute atomic E-state index is 12.5. The van der Waals surface area contributed by atoms with Gasteiger partial charge in [0.1, 0.15) is 6.61 Å². The van der Waals surface area contributed by atoms with Crippen LogP contribution in [-0.4, -0.2) is 48.2 Å². The molecule has 0 saturated heterocycles. The van der Waals surface area contributed by atoms with Crippen LogP contribution in [-0.2, 0) is 9.47 Å². The molecule has 1 aromatic carbocycles. The Kier molecular flexibility index (Phi) is 8.91. The van der Waals surface area contributed by atoms with E-state index in [1.54, 1.807) is 18.2 Å². The Morgan fingerprint density at radius 2 is 1.54 bits per heavy atom. The highest BCUT2D eigenvalue weighted by molar-refractivity contribution is 5.91. The molecule has 0 aromatic heterocycles. The molecule has 0 amide bonds. The SMILES string of the molecule is C=CCOC(CC=C)(CC=C)C(CO)(CO)COC(=O)c1cc(N)cc(N)c1. The lowest BCUT2D eigenvalue weighted by molar-refractivity contribution is -0.177. The first-order valence-electron chi connectivity index (χ1n) is 8.85. The van der Waals surface area contributed by atoms with Crippen molar-refractivity contribution in [3.8, 4) is 0 Å². The second-order valence-electron chi connectivity index (χ2n) is 6.64. The van der Waals surface area contributed by atoms with Crippen molar-refractivity contribution in [1.29, 1.82) is 0 Å². The minimum Gasteiger partial charge on any atom is -0.461 e. The van der Waals surface area contributed by atoms with E-state index < -0.39 is 30.2 Å². The average molecular weight is 390 g/mol. The Balaban J connectivity index is 3.21. The Labute approximate surface area is 165 Å². The first kappa shape index (κ1) is 23.4. The van der Waals surface area contributed by atoms with Crippen molar-refractivity contribution in [2.45, 2.75) is 18.4 Å². The quantitative estimate of drug-likeness (QED) is 0.231. The van der Waals surface area contributed by atoms with E-state index in [-0.39, 0.29) is 31.6 Å². The Morgan fingerprint density at radius 1 is 1.00 bits per heavy atom. The molecule has 7 nitrogen and oxygen atoms in total. The highest BCUT2D eigenvalue weighted by Crippen LogP contribution is 2.41. The lowest BCUT2D eigenvalue weighted by Crippen LogP contribution is -2.57. The Bertz CT molecular complexity index is 668. The third kappa shape index (κ3) is 5.22. The number of aliphatic hydroxyl groups excluding tert-OH is 2. The minimum absolute atomic E-state index is 0.170. The standard InChI is InChI=1S/C21H30N2O5/c1-4-7-21(8-5-2,28-9-6-3)20(13-24,14-25)15-27-19(26)16-10-17(22)12-18(23)11-16/h4-6,10-12,24-25H,1-3,7-9,13-15,22-23H2. The number of hydrogen-bond donors (Lipinski definition) is 4.